The van der Waals surface area contributed by atoms with Gasteiger partial charge in [0.25, 0.3) is 0 Å². The van der Waals surface area contributed by atoms with Crippen LogP contribution in [-0.2, 0) is 11.2 Å². The van der Waals surface area contributed by atoms with Crippen LogP contribution in [0.4, 0.5) is 10.5 Å². The smallest absolute Gasteiger partial charge is 0.342 e. The molecule has 1 unspecified atom stereocenters. The molecular formula is C27H28N5O2+. The highest BCUT2D eigenvalue weighted by molar-refractivity contribution is 5.96. The average molecular weight is 455 g/mol. The molecule has 4 aromatic rings. The molecule has 1 fully saturated rings. The van der Waals surface area contributed by atoms with Gasteiger partial charge in [-0.25, -0.2) is 14.6 Å². The van der Waals surface area contributed by atoms with E-state index >= 15 is 0 Å². The highest BCUT2D eigenvalue weighted by atomic mass is 16.2. The predicted molar refractivity (Wildman–Crippen MR) is 132 cm³/mol. The quantitative estimate of drug-likeness (QED) is 0.400. The van der Waals surface area contributed by atoms with Crippen LogP contribution in [0.15, 0.2) is 73.1 Å². The zero-order valence-corrected chi connectivity index (χ0v) is 19.2. The number of rotatable bonds is 5. The molecule has 3 heterocycles. The van der Waals surface area contributed by atoms with Crippen molar-refractivity contribution in [2.24, 2.45) is 0 Å². The van der Waals surface area contributed by atoms with Gasteiger partial charge in [0, 0.05) is 42.8 Å². The van der Waals surface area contributed by atoms with Crippen LogP contribution in [-0.4, -0.2) is 44.0 Å². The number of amides is 3. The van der Waals surface area contributed by atoms with Gasteiger partial charge in [0.1, 0.15) is 11.9 Å². The molecule has 2 N–H and O–H groups in total. The fourth-order valence-corrected chi connectivity index (χ4v) is 4.99. The minimum absolute atomic E-state index is 0.0678. The van der Waals surface area contributed by atoms with Crippen LogP contribution < -0.4 is 5.32 Å². The molecule has 0 radical (unpaired) electrons. The van der Waals surface area contributed by atoms with Crippen LogP contribution in [0.2, 0.25) is 0 Å². The molecule has 0 aliphatic carbocycles. The van der Waals surface area contributed by atoms with E-state index in [9.17, 15) is 9.59 Å². The first-order chi connectivity index (χ1) is 16.6. The first kappa shape index (κ1) is 22.0. The number of hydrogen-bond acceptors (Lipinski definition) is 4. The number of urea groups is 1. The number of aryl methyl sites for hydroxylation is 1. The summed E-state index contributed by atoms with van der Waals surface area (Å²) in [5.41, 5.74) is 4.31. The third kappa shape index (κ3) is 3.99. The number of hydrogen-bond donors (Lipinski definition) is 2. The second kappa shape index (κ2) is 9.19. The number of fused-ring (bicyclic) bond motifs is 1. The van der Waals surface area contributed by atoms with Crippen LogP contribution in [0.3, 0.4) is 0 Å². The Hall–Kier alpha value is -3.84. The molecular weight excluding hydrogens is 426 g/mol. The van der Waals surface area contributed by atoms with Gasteiger partial charge in [-0.15, -0.1) is 0 Å². The molecule has 1 aliphatic rings. The number of pyridine rings is 1. The Balaban J connectivity index is 1.38. The van der Waals surface area contributed by atoms with Crippen LogP contribution in [0.5, 0.6) is 0 Å². The number of quaternary nitrogens is 1. The Morgan fingerprint density at radius 2 is 1.91 bits per heavy atom. The van der Waals surface area contributed by atoms with E-state index in [0.29, 0.717) is 18.7 Å². The normalized spacial score (nSPS) is 19.9. The molecule has 2 atom stereocenters. The lowest BCUT2D eigenvalue weighted by Crippen LogP contribution is -2.60. The van der Waals surface area contributed by atoms with Crippen molar-refractivity contribution in [3.8, 4) is 11.1 Å². The molecule has 5 rings (SSSR count). The topological polar surface area (TPSA) is 87.7 Å². The number of anilines is 1. The van der Waals surface area contributed by atoms with Gasteiger partial charge < -0.3 is 4.98 Å². The van der Waals surface area contributed by atoms with Gasteiger partial charge >= 0.3 is 11.9 Å². The number of likely N-dealkylation sites (tertiary alicyclic amines) is 1. The lowest BCUT2D eigenvalue weighted by molar-refractivity contribution is -0.782. The van der Waals surface area contributed by atoms with Gasteiger partial charge in [0.15, 0.2) is 0 Å². The number of imidazole rings is 1. The molecule has 34 heavy (non-hydrogen) atoms. The summed E-state index contributed by atoms with van der Waals surface area (Å²) in [5.74, 6) is 0.698. The molecule has 1 aliphatic heterocycles. The minimum atomic E-state index is -0.268. The van der Waals surface area contributed by atoms with Gasteiger partial charge in [-0.1, -0.05) is 36.4 Å². The SMILES string of the molecule is C[C@@H]1CCC[N+]1(C(=O)CCc1nc2ccccc2[nH]1)C(=O)Nc1ccccc1-c1cccnc1. The summed E-state index contributed by atoms with van der Waals surface area (Å²) in [4.78, 5) is 39.4. The third-order valence-corrected chi connectivity index (χ3v) is 6.85. The second-order valence-electron chi connectivity index (χ2n) is 8.90. The number of nitrogens with zero attached hydrogens (tertiary/aromatic N) is 3. The van der Waals surface area contributed by atoms with Gasteiger partial charge in [0.2, 0.25) is 0 Å². The van der Waals surface area contributed by atoms with Crippen molar-refractivity contribution in [2.45, 2.75) is 38.6 Å². The number of benzene rings is 2. The van der Waals surface area contributed by atoms with Gasteiger partial charge in [0.05, 0.1) is 29.7 Å². The van der Waals surface area contributed by atoms with Crippen molar-refractivity contribution in [1.29, 1.82) is 0 Å². The number of para-hydroxylation sites is 3. The molecule has 2 aromatic carbocycles. The molecule has 0 bridgehead atoms. The number of imide groups is 1. The summed E-state index contributed by atoms with van der Waals surface area (Å²) >= 11 is 0. The Morgan fingerprint density at radius 1 is 1.09 bits per heavy atom. The zero-order valence-electron chi connectivity index (χ0n) is 19.2. The fourth-order valence-electron chi connectivity index (χ4n) is 4.99. The molecule has 2 aromatic heterocycles. The minimum Gasteiger partial charge on any atom is -0.342 e. The van der Waals surface area contributed by atoms with Crippen molar-refractivity contribution in [3.05, 3.63) is 78.9 Å². The zero-order chi connectivity index (χ0) is 23.5. The van der Waals surface area contributed by atoms with E-state index in [1.807, 2.05) is 67.6 Å². The number of carbonyl (C=O) groups excluding carboxylic acids is 2. The maximum absolute atomic E-state index is 13.7. The van der Waals surface area contributed by atoms with E-state index in [0.717, 1.165) is 40.8 Å². The maximum atomic E-state index is 13.7. The van der Waals surface area contributed by atoms with Crippen LogP contribution in [0.25, 0.3) is 22.2 Å². The Morgan fingerprint density at radius 3 is 2.68 bits per heavy atom. The summed E-state index contributed by atoms with van der Waals surface area (Å²) in [6.45, 7) is 2.51. The van der Waals surface area contributed by atoms with Crippen molar-refractivity contribution >= 4 is 28.7 Å². The number of carbonyl (C=O) groups is 2. The summed E-state index contributed by atoms with van der Waals surface area (Å²) in [7, 11) is 0. The van der Waals surface area contributed by atoms with Crippen molar-refractivity contribution < 1.29 is 14.1 Å². The number of H-pyrrole nitrogens is 1. The van der Waals surface area contributed by atoms with Crippen LogP contribution in [0.1, 0.15) is 32.0 Å². The number of nitrogens with one attached hydrogen (secondary N) is 2. The van der Waals surface area contributed by atoms with Crippen molar-refractivity contribution in [3.63, 3.8) is 0 Å². The van der Waals surface area contributed by atoms with E-state index in [2.05, 4.69) is 20.3 Å². The summed E-state index contributed by atoms with van der Waals surface area (Å²) in [5, 5.41) is 3.08. The lowest BCUT2D eigenvalue weighted by atomic mass is 10.1. The Labute approximate surface area is 198 Å². The largest absolute Gasteiger partial charge is 0.428 e. The van der Waals surface area contributed by atoms with Crippen molar-refractivity contribution in [1.82, 2.24) is 15.0 Å². The average Bonchev–Trinajstić information content (AvgIpc) is 3.47. The van der Waals surface area contributed by atoms with E-state index in [4.69, 9.17) is 0 Å². The van der Waals surface area contributed by atoms with E-state index in [-0.39, 0.29) is 28.9 Å². The molecule has 0 saturated carbocycles. The molecule has 172 valence electrons. The molecule has 7 heteroatoms. The summed E-state index contributed by atoms with van der Waals surface area (Å²) < 4.78 is -0.179. The van der Waals surface area contributed by atoms with E-state index in [1.165, 1.54) is 0 Å². The lowest BCUT2D eigenvalue weighted by Gasteiger charge is -2.33. The monoisotopic (exact) mass is 454 g/mol. The van der Waals surface area contributed by atoms with Crippen LogP contribution >= 0.6 is 0 Å². The Bertz CT molecular complexity index is 1300. The maximum Gasteiger partial charge on any atom is 0.428 e. The first-order valence-corrected chi connectivity index (χ1v) is 11.7. The number of aromatic nitrogens is 3. The molecule has 3 amide bonds. The summed E-state index contributed by atoms with van der Waals surface area (Å²) in [6.07, 6.45) is 5.90. The highest BCUT2D eigenvalue weighted by Crippen LogP contribution is 2.33. The Kier molecular flexibility index (Phi) is 5.94. The van der Waals surface area contributed by atoms with Gasteiger partial charge in [-0.2, -0.15) is 4.48 Å². The third-order valence-electron chi connectivity index (χ3n) is 6.85. The number of aromatic amines is 1. The summed E-state index contributed by atoms with van der Waals surface area (Å²) in [6, 6.07) is 18.9. The molecule has 1 saturated heterocycles. The van der Waals surface area contributed by atoms with Crippen LogP contribution in [0, 0.1) is 0 Å². The molecule has 7 nitrogen and oxygen atoms in total. The highest BCUT2D eigenvalue weighted by Gasteiger charge is 2.52. The van der Waals surface area contributed by atoms with E-state index in [1.54, 1.807) is 12.4 Å². The fraction of sp³-hybridized carbons (Fsp3) is 0.259. The van der Waals surface area contributed by atoms with E-state index < -0.39 is 0 Å². The van der Waals surface area contributed by atoms with Gasteiger partial charge in [-0.3, -0.25) is 10.3 Å². The predicted octanol–water partition coefficient (Wildman–Crippen LogP) is 5.32. The second-order valence-corrected chi connectivity index (χ2v) is 8.90. The standard InChI is InChI=1S/C27H27N5O2/c1-19-8-7-17-32(19,26(33)15-14-25-29-23-12-4-5-13-24(23)30-25)27(34)31-22-11-3-2-10-21(22)20-9-6-16-28-18-20/h2-6,9-13,16,18-19H,7-8,14-15,17H2,1H3,(H-,29,30,31,34)/p+1/t19-,32?/m1/s1. The van der Waals surface area contributed by atoms with Crippen molar-refractivity contribution in [2.75, 3.05) is 11.9 Å². The first-order valence-electron chi connectivity index (χ1n) is 11.7. The van der Waals surface area contributed by atoms with Gasteiger partial charge in [-0.05, 0) is 31.2 Å². The molecule has 0 spiro atoms.